The highest BCUT2D eigenvalue weighted by atomic mass is 35.7. The Hall–Kier alpha value is -0.340. The minimum Gasteiger partial charge on any atom is -0.237 e. The molecule has 11 heavy (non-hydrogen) atoms. The van der Waals surface area contributed by atoms with Crippen molar-refractivity contribution in [3.63, 3.8) is 0 Å². The van der Waals surface area contributed by atoms with Gasteiger partial charge in [0.25, 0.3) is 0 Å². The van der Waals surface area contributed by atoms with E-state index in [4.69, 9.17) is 10.7 Å². The van der Waals surface area contributed by atoms with E-state index in [9.17, 15) is 4.21 Å². The molecule has 1 unspecified atom stereocenters. The Bertz CT molecular complexity index is 276. The lowest BCUT2D eigenvalue weighted by Crippen LogP contribution is -1.90. The van der Waals surface area contributed by atoms with Crippen molar-refractivity contribution in [1.29, 1.82) is 0 Å². The Morgan fingerprint density at radius 3 is 2.00 bits per heavy atom. The van der Waals surface area contributed by atoms with Gasteiger partial charge in [-0.2, -0.15) is 0 Å². The summed E-state index contributed by atoms with van der Waals surface area (Å²) in [5, 5.41) is 0. The second kappa shape index (κ2) is 3.37. The van der Waals surface area contributed by atoms with Gasteiger partial charge in [0, 0.05) is 0 Å². The second-order valence-electron chi connectivity index (χ2n) is 2.44. The van der Waals surface area contributed by atoms with E-state index in [1.165, 1.54) is 0 Å². The first kappa shape index (κ1) is 8.75. The fraction of sp³-hybridized carbons (Fsp3) is 0.250. The van der Waals surface area contributed by atoms with Crippen LogP contribution >= 0.6 is 10.7 Å². The average Bonchev–Trinajstić information content (AvgIpc) is 1.85. The Morgan fingerprint density at radius 2 is 1.73 bits per heavy atom. The molecule has 0 saturated carbocycles. The third-order valence-corrected chi connectivity index (χ3v) is 3.00. The van der Waals surface area contributed by atoms with E-state index in [0.29, 0.717) is 0 Å². The quantitative estimate of drug-likeness (QED) is 0.620. The maximum atomic E-state index is 11.0. The zero-order valence-electron chi connectivity index (χ0n) is 6.43. The second-order valence-corrected chi connectivity index (χ2v) is 4.14. The summed E-state index contributed by atoms with van der Waals surface area (Å²) in [6.45, 7) is 3.81. The molecule has 0 bridgehead atoms. The van der Waals surface area contributed by atoms with E-state index in [-0.39, 0.29) is 0 Å². The van der Waals surface area contributed by atoms with E-state index in [1.807, 2.05) is 32.0 Å². The summed E-state index contributed by atoms with van der Waals surface area (Å²) in [5.74, 6) is 0. The maximum absolute atomic E-state index is 11.0. The Labute approximate surface area is 73.3 Å². The molecule has 3 heteroatoms. The lowest BCUT2D eigenvalue weighted by Gasteiger charge is -2.02. The summed E-state index contributed by atoms with van der Waals surface area (Å²) in [4.78, 5) is 0.745. The molecule has 0 aliphatic carbocycles. The van der Waals surface area contributed by atoms with Crippen LogP contribution < -0.4 is 0 Å². The smallest absolute Gasteiger partial charge is 0.148 e. The van der Waals surface area contributed by atoms with Crippen molar-refractivity contribution in [2.24, 2.45) is 0 Å². The lowest BCUT2D eigenvalue weighted by atomic mass is 10.2. The number of hydrogen-bond acceptors (Lipinski definition) is 1. The van der Waals surface area contributed by atoms with Crippen LogP contribution in [-0.4, -0.2) is 4.21 Å². The van der Waals surface area contributed by atoms with E-state index in [2.05, 4.69) is 0 Å². The predicted octanol–water partition coefficient (Wildman–Crippen LogP) is 2.56. The van der Waals surface area contributed by atoms with Gasteiger partial charge >= 0.3 is 0 Å². The largest absolute Gasteiger partial charge is 0.237 e. The van der Waals surface area contributed by atoms with Crippen molar-refractivity contribution in [3.05, 3.63) is 29.3 Å². The van der Waals surface area contributed by atoms with Crippen LogP contribution in [0.1, 0.15) is 11.1 Å². The molecule has 1 aromatic rings. The molecule has 0 amide bonds. The van der Waals surface area contributed by atoms with Gasteiger partial charge in [0.05, 0.1) is 4.90 Å². The van der Waals surface area contributed by atoms with Gasteiger partial charge in [0.2, 0.25) is 0 Å². The summed E-state index contributed by atoms with van der Waals surface area (Å²) < 4.78 is 11.0. The molecule has 0 spiro atoms. The standard InChI is InChI=1S/C8H9ClOS/c1-6-4-3-5-7(2)8(6)11(9)10/h3-5H,1-2H3. The normalized spacial score (nSPS) is 13.0. The highest BCUT2D eigenvalue weighted by Crippen LogP contribution is 2.19. The number of hydrogen-bond donors (Lipinski definition) is 0. The maximum Gasteiger partial charge on any atom is 0.148 e. The van der Waals surface area contributed by atoms with Crippen molar-refractivity contribution in [2.75, 3.05) is 0 Å². The van der Waals surface area contributed by atoms with Crippen molar-refractivity contribution in [1.82, 2.24) is 0 Å². The van der Waals surface area contributed by atoms with Crippen LogP contribution in [0.25, 0.3) is 0 Å². The number of benzene rings is 1. The van der Waals surface area contributed by atoms with Crippen LogP contribution in [-0.2, 0) is 10.0 Å². The molecule has 0 fully saturated rings. The molecule has 1 aromatic carbocycles. The van der Waals surface area contributed by atoms with Gasteiger partial charge in [-0.15, -0.1) is 0 Å². The fourth-order valence-electron chi connectivity index (χ4n) is 1.05. The molecule has 0 aliphatic heterocycles. The third kappa shape index (κ3) is 1.82. The van der Waals surface area contributed by atoms with Crippen LogP contribution in [0.2, 0.25) is 0 Å². The van der Waals surface area contributed by atoms with Gasteiger partial charge in [0.1, 0.15) is 10.0 Å². The summed E-state index contributed by atoms with van der Waals surface area (Å²) in [6.07, 6.45) is 0. The first-order valence-corrected chi connectivity index (χ1v) is 5.25. The van der Waals surface area contributed by atoms with E-state index >= 15 is 0 Å². The Balaban J connectivity index is 3.32. The predicted molar refractivity (Wildman–Crippen MR) is 48.2 cm³/mol. The van der Waals surface area contributed by atoms with Crippen LogP contribution in [0, 0.1) is 13.8 Å². The molecule has 1 atom stereocenters. The van der Waals surface area contributed by atoms with E-state index in [1.54, 1.807) is 0 Å². The summed E-state index contributed by atoms with van der Waals surface area (Å²) in [6, 6.07) is 5.74. The van der Waals surface area contributed by atoms with Gasteiger partial charge in [-0.1, -0.05) is 18.2 Å². The lowest BCUT2D eigenvalue weighted by molar-refractivity contribution is 0.690. The number of halogens is 1. The topological polar surface area (TPSA) is 17.1 Å². The SMILES string of the molecule is Cc1cccc(C)c1S(=O)Cl. The van der Waals surface area contributed by atoms with Gasteiger partial charge in [-0.05, 0) is 35.7 Å². The van der Waals surface area contributed by atoms with E-state index < -0.39 is 10.0 Å². The monoisotopic (exact) mass is 188 g/mol. The molecule has 1 rings (SSSR count). The molecule has 60 valence electrons. The Morgan fingerprint density at radius 1 is 1.27 bits per heavy atom. The first-order chi connectivity index (χ1) is 5.13. The van der Waals surface area contributed by atoms with Gasteiger partial charge in [-0.25, -0.2) is 4.21 Å². The molecule has 0 N–H and O–H groups in total. The molecule has 0 aliphatic rings. The average molecular weight is 189 g/mol. The van der Waals surface area contributed by atoms with Crippen molar-refractivity contribution in [3.8, 4) is 0 Å². The van der Waals surface area contributed by atoms with Gasteiger partial charge in [0.15, 0.2) is 0 Å². The Kier molecular flexibility index (Phi) is 2.68. The van der Waals surface area contributed by atoms with Crippen LogP contribution in [0.5, 0.6) is 0 Å². The first-order valence-electron chi connectivity index (χ1n) is 3.27. The van der Waals surface area contributed by atoms with Crippen molar-refractivity contribution < 1.29 is 4.21 Å². The fourth-order valence-corrected chi connectivity index (χ4v) is 2.42. The molecular formula is C8H9ClOS. The summed E-state index contributed by atoms with van der Waals surface area (Å²) >= 11 is 0. The highest BCUT2D eigenvalue weighted by Gasteiger charge is 2.06. The highest BCUT2D eigenvalue weighted by molar-refractivity contribution is 8.08. The third-order valence-electron chi connectivity index (χ3n) is 1.57. The zero-order chi connectivity index (χ0) is 8.43. The zero-order valence-corrected chi connectivity index (χ0v) is 8.00. The van der Waals surface area contributed by atoms with Crippen LogP contribution in [0.4, 0.5) is 0 Å². The molecule has 0 radical (unpaired) electrons. The van der Waals surface area contributed by atoms with Crippen LogP contribution in [0.15, 0.2) is 23.1 Å². The van der Waals surface area contributed by atoms with Crippen molar-refractivity contribution in [2.45, 2.75) is 18.7 Å². The van der Waals surface area contributed by atoms with Gasteiger partial charge in [-0.3, -0.25) is 0 Å². The van der Waals surface area contributed by atoms with Crippen molar-refractivity contribution >= 4 is 20.7 Å². The minimum atomic E-state index is -1.38. The van der Waals surface area contributed by atoms with Gasteiger partial charge < -0.3 is 0 Å². The molecule has 1 nitrogen and oxygen atoms in total. The number of rotatable bonds is 1. The molecular weight excluding hydrogens is 180 g/mol. The molecule has 0 saturated heterocycles. The summed E-state index contributed by atoms with van der Waals surface area (Å²) in [7, 11) is 4.11. The van der Waals surface area contributed by atoms with Crippen LogP contribution in [0.3, 0.4) is 0 Å². The molecule has 0 aromatic heterocycles. The number of aryl methyl sites for hydroxylation is 2. The molecule has 0 heterocycles. The summed E-state index contributed by atoms with van der Waals surface area (Å²) in [5.41, 5.74) is 1.97. The van der Waals surface area contributed by atoms with E-state index in [0.717, 1.165) is 16.0 Å². The minimum absolute atomic E-state index is 0.745.